The lowest BCUT2D eigenvalue weighted by Gasteiger charge is -2.31. The van der Waals surface area contributed by atoms with E-state index < -0.39 is 11.7 Å². The molecule has 5 rings (SSSR count). The molecule has 0 unspecified atom stereocenters. The maximum absolute atomic E-state index is 12.5. The van der Waals surface area contributed by atoms with Gasteiger partial charge in [-0.1, -0.05) is 18.6 Å². The number of nitrogens with two attached hydrogens (primary N) is 1. The lowest BCUT2D eigenvalue weighted by molar-refractivity contribution is -0.117. The Balaban J connectivity index is 1.22. The molecule has 10 nitrogen and oxygen atoms in total. The second-order valence-electron chi connectivity index (χ2n) is 7.97. The van der Waals surface area contributed by atoms with E-state index in [1.165, 1.54) is 11.2 Å². The molecule has 1 aliphatic carbocycles. The molecular formula is C22H22N6O4. The number of fused-ring (bicyclic) bond motifs is 1. The van der Waals surface area contributed by atoms with E-state index in [1.54, 1.807) is 36.4 Å². The number of hydrogen-bond donors (Lipinski definition) is 2. The van der Waals surface area contributed by atoms with Crippen LogP contribution in [0.3, 0.4) is 0 Å². The molecule has 1 aliphatic heterocycles. The van der Waals surface area contributed by atoms with Gasteiger partial charge in [-0.3, -0.25) is 9.59 Å². The van der Waals surface area contributed by atoms with Crippen molar-refractivity contribution in [2.24, 2.45) is 5.73 Å². The predicted octanol–water partition coefficient (Wildman–Crippen LogP) is 2.51. The Labute approximate surface area is 183 Å². The van der Waals surface area contributed by atoms with Crippen molar-refractivity contribution in [2.75, 3.05) is 5.32 Å². The molecule has 10 heteroatoms. The van der Waals surface area contributed by atoms with Crippen LogP contribution in [0.1, 0.15) is 42.5 Å². The average Bonchev–Trinajstić information content (AvgIpc) is 3.38. The molecule has 3 N–H and O–H groups in total. The molecule has 32 heavy (non-hydrogen) atoms. The van der Waals surface area contributed by atoms with Crippen LogP contribution >= 0.6 is 0 Å². The van der Waals surface area contributed by atoms with E-state index in [0.29, 0.717) is 34.1 Å². The number of rotatable bonds is 5. The fourth-order valence-corrected chi connectivity index (χ4v) is 4.00. The Hall–Kier alpha value is -3.95. The Bertz CT molecular complexity index is 1170. The summed E-state index contributed by atoms with van der Waals surface area (Å²) in [5.74, 6) is 0.321. The summed E-state index contributed by atoms with van der Waals surface area (Å²) < 4.78 is 12.2. The molecule has 0 atom stereocenters. The molecule has 2 heterocycles. The van der Waals surface area contributed by atoms with Gasteiger partial charge in [-0.2, -0.15) is 4.80 Å². The van der Waals surface area contributed by atoms with E-state index in [2.05, 4.69) is 20.7 Å². The van der Waals surface area contributed by atoms with Crippen molar-refractivity contribution < 1.29 is 19.1 Å². The number of ether oxygens (including phenoxy) is 2. The third-order valence-corrected chi connectivity index (χ3v) is 5.60. The van der Waals surface area contributed by atoms with E-state index in [1.807, 2.05) is 6.07 Å². The minimum Gasteiger partial charge on any atom is -0.448 e. The number of aromatic nitrogens is 4. The highest BCUT2D eigenvalue weighted by Gasteiger charge is 2.42. The van der Waals surface area contributed by atoms with Gasteiger partial charge in [-0.15, -0.1) is 10.2 Å². The van der Waals surface area contributed by atoms with Crippen LogP contribution in [0.2, 0.25) is 0 Å². The fraction of sp³-hybridized carbons (Fsp3) is 0.318. The third-order valence-electron chi connectivity index (χ3n) is 5.60. The van der Waals surface area contributed by atoms with Gasteiger partial charge in [0.05, 0.1) is 0 Å². The second-order valence-corrected chi connectivity index (χ2v) is 7.97. The Morgan fingerprint density at radius 2 is 1.78 bits per heavy atom. The number of amides is 2. The highest BCUT2D eigenvalue weighted by Crippen LogP contribution is 2.46. The van der Waals surface area contributed by atoms with E-state index in [0.717, 1.165) is 25.7 Å². The maximum atomic E-state index is 12.5. The first-order valence-electron chi connectivity index (χ1n) is 10.5. The molecule has 2 aliphatic rings. The van der Waals surface area contributed by atoms with E-state index >= 15 is 0 Å². The number of hydrogen-bond acceptors (Lipinski definition) is 7. The highest BCUT2D eigenvalue weighted by molar-refractivity contribution is 5.93. The zero-order valence-electron chi connectivity index (χ0n) is 17.3. The molecule has 1 saturated carbocycles. The van der Waals surface area contributed by atoms with Gasteiger partial charge in [0.25, 0.3) is 5.79 Å². The molecule has 1 spiro atoms. The molecule has 0 saturated heterocycles. The third kappa shape index (κ3) is 3.98. The van der Waals surface area contributed by atoms with Gasteiger partial charge < -0.3 is 20.5 Å². The monoisotopic (exact) mass is 434 g/mol. The smallest absolute Gasteiger partial charge is 0.251 e. The molecule has 2 amide bonds. The number of carbonyl (C=O) groups is 2. The van der Waals surface area contributed by atoms with Crippen molar-refractivity contribution in [3.63, 3.8) is 0 Å². The zero-order valence-corrected chi connectivity index (χ0v) is 17.3. The van der Waals surface area contributed by atoms with Crippen molar-refractivity contribution in [1.29, 1.82) is 0 Å². The first-order valence-corrected chi connectivity index (χ1v) is 10.5. The quantitative estimate of drug-likeness (QED) is 0.630. The molecule has 0 bridgehead atoms. The van der Waals surface area contributed by atoms with Gasteiger partial charge in [0.1, 0.15) is 6.54 Å². The number of anilines is 1. The SMILES string of the molecule is NC(=O)c1ccc(-c2nnn(CC(=O)Nc3ccc4c(c3)OC3(CCCCC3)O4)n2)cc1. The van der Waals surface area contributed by atoms with Crippen LogP contribution < -0.4 is 20.5 Å². The van der Waals surface area contributed by atoms with E-state index in [9.17, 15) is 9.59 Å². The van der Waals surface area contributed by atoms with Gasteiger partial charge in [0, 0.05) is 35.7 Å². The van der Waals surface area contributed by atoms with Crippen molar-refractivity contribution in [1.82, 2.24) is 20.2 Å². The van der Waals surface area contributed by atoms with E-state index in [-0.39, 0.29) is 12.5 Å². The molecule has 0 radical (unpaired) electrons. The standard InChI is InChI=1S/C22H22N6O4/c23-20(30)14-4-6-15(7-5-14)21-25-27-28(26-21)13-19(29)24-16-8-9-17-18(12-16)32-22(31-17)10-2-1-3-11-22/h4-9,12H,1-3,10-11,13H2,(H2,23,30)(H,24,29). The Kier molecular flexibility index (Phi) is 4.96. The molecule has 1 aromatic heterocycles. The summed E-state index contributed by atoms with van der Waals surface area (Å²) in [6.07, 6.45) is 5.10. The molecule has 164 valence electrons. The number of carbonyl (C=O) groups excluding carboxylic acids is 2. The lowest BCUT2D eigenvalue weighted by atomic mass is 9.94. The summed E-state index contributed by atoms with van der Waals surface area (Å²) in [6.45, 7) is -0.106. The van der Waals surface area contributed by atoms with Gasteiger partial charge in [-0.25, -0.2) is 0 Å². The number of primary amides is 1. The molecule has 1 fully saturated rings. The van der Waals surface area contributed by atoms with E-state index in [4.69, 9.17) is 15.2 Å². The Morgan fingerprint density at radius 3 is 2.53 bits per heavy atom. The molecular weight excluding hydrogens is 412 g/mol. The minimum absolute atomic E-state index is 0.106. The van der Waals surface area contributed by atoms with Gasteiger partial charge in [0.2, 0.25) is 17.6 Å². The highest BCUT2D eigenvalue weighted by atomic mass is 16.7. The number of benzene rings is 2. The van der Waals surface area contributed by atoms with Gasteiger partial charge >= 0.3 is 0 Å². The number of tetrazole rings is 1. The fourth-order valence-electron chi connectivity index (χ4n) is 4.00. The number of nitrogens with zero attached hydrogens (tertiary/aromatic N) is 4. The van der Waals surface area contributed by atoms with Crippen molar-refractivity contribution in [3.05, 3.63) is 48.0 Å². The first kappa shape index (κ1) is 20.0. The summed E-state index contributed by atoms with van der Waals surface area (Å²) >= 11 is 0. The van der Waals surface area contributed by atoms with Crippen molar-refractivity contribution in [2.45, 2.75) is 44.4 Å². The lowest BCUT2D eigenvalue weighted by Crippen LogP contribution is -2.40. The summed E-state index contributed by atoms with van der Waals surface area (Å²) in [5, 5.41) is 14.9. The van der Waals surface area contributed by atoms with Crippen LogP contribution in [0, 0.1) is 0 Å². The van der Waals surface area contributed by atoms with Crippen LogP contribution in [0.25, 0.3) is 11.4 Å². The van der Waals surface area contributed by atoms with Crippen LogP contribution in [0.5, 0.6) is 11.5 Å². The zero-order chi connectivity index (χ0) is 22.1. The van der Waals surface area contributed by atoms with Crippen LogP contribution in [0.4, 0.5) is 5.69 Å². The summed E-state index contributed by atoms with van der Waals surface area (Å²) in [7, 11) is 0. The topological polar surface area (TPSA) is 134 Å². The maximum Gasteiger partial charge on any atom is 0.251 e. The van der Waals surface area contributed by atoms with Gasteiger partial charge in [0.15, 0.2) is 11.5 Å². The molecule has 2 aromatic carbocycles. The molecule has 3 aromatic rings. The van der Waals surface area contributed by atoms with Crippen molar-refractivity contribution in [3.8, 4) is 22.9 Å². The number of nitrogens with one attached hydrogen (secondary N) is 1. The largest absolute Gasteiger partial charge is 0.448 e. The van der Waals surface area contributed by atoms with Gasteiger partial charge in [-0.05, 0) is 42.3 Å². The second kappa shape index (κ2) is 7.95. The van der Waals surface area contributed by atoms with Crippen LogP contribution in [-0.2, 0) is 11.3 Å². The van der Waals surface area contributed by atoms with Crippen LogP contribution in [0.15, 0.2) is 42.5 Å². The summed E-state index contributed by atoms with van der Waals surface area (Å²) in [6, 6.07) is 11.9. The normalized spacial score (nSPS) is 16.1. The first-order chi connectivity index (χ1) is 15.5. The van der Waals surface area contributed by atoms with Crippen molar-refractivity contribution >= 4 is 17.5 Å². The summed E-state index contributed by atoms with van der Waals surface area (Å²) in [5.41, 5.74) is 6.90. The summed E-state index contributed by atoms with van der Waals surface area (Å²) in [4.78, 5) is 24.9. The minimum atomic E-state index is -0.556. The van der Waals surface area contributed by atoms with Crippen LogP contribution in [-0.4, -0.2) is 37.8 Å². The Morgan fingerprint density at radius 1 is 1.03 bits per heavy atom. The average molecular weight is 434 g/mol. The predicted molar refractivity (Wildman–Crippen MR) is 114 cm³/mol.